The molecule has 0 aliphatic carbocycles. The Hall–Kier alpha value is -1.57. The lowest BCUT2D eigenvalue weighted by Crippen LogP contribution is -2.51. The first-order chi connectivity index (χ1) is 10.7. The highest BCUT2D eigenvalue weighted by atomic mass is 79.9. The van der Waals surface area contributed by atoms with Crippen LogP contribution in [-0.4, -0.2) is 51.4 Å². The maximum absolute atomic E-state index is 12.3. The minimum atomic E-state index is -0.526. The van der Waals surface area contributed by atoms with Crippen LogP contribution in [0, 0.1) is 0 Å². The zero-order chi connectivity index (χ0) is 17.0. The molecule has 1 atom stereocenters. The molecule has 1 aliphatic rings. The van der Waals surface area contributed by atoms with Crippen LogP contribution in [0.4, 0.5) is 4.79 Å². The van der Waals surface area contributed by atoms with Gasteiger partial charge in [0.2, 0.25) is 5.91 Å². The third kappa shape index (κ3) is 5.85. The van der Waals surface area contributed by atoms with Crippen LogP contribution in [0.5, 0.6) is 0 Å². The first-order valence-electron chi connectivity index (χ1n) is 7.68. The largest absolute Gasteiger partial charge is 0.444 e. The van der Waals surface area contributed by atoms with E-state index in [4.69, 9.17) is 4.74 Å². The number of halogens is 1. The number of hydrogen-bond acceptors (Lipinski definition) is 4. The van der Waals surface area contributed by atoms with Crippen molar-refractivity contribution in [3.8, 4) is 0 Å². The minimum Gasteiger partial charge on any atom is -0.444 e. The van der Waals surface area contributed by atoms with Crippen LogP contribution >= 0.6 is 15.9 Å². The van der Waals surface area contributed by atoms with Crippen molar-refractivity contribution >= 4 is 27.9 Å². The van der Waals surface area contributed by atoms with E-state index >= 15 is 0 Å². The van der Waals surface area contributed by atoms with Crippen LogP contribution in [0.25, 0.3) is 0 Å². The van der Waals surface area contributed by atoms with Crippen molar-refractivity contribution in [2.24, 2.45) is 0 Å². The summed E-state index contributed by atoms with van der Waals surface area (Å²) in [6.45, 7) is 6.88. The van der Waals surface area contributed by atoms with Crippen molar-refractivity contribution in [1.29, 1.82) is 0 Å². The number of alkyl carbamates (subject to hydrolysis) is 1. The Morgan fingerprint density at radius 1 is 1.48 bits per heavy atom. The van der Waals surface area contributed by atoms with Gasteiger partial charge in [-0.05, 0) is 49.5 Å². The van der Waals surface area contributed by atoms with E-state index in [1.165, 1.54) is 0 Å². The number of amides is 2. The Bertz CT molecular complexity index is 567. The summed E-state index contributed by atoms with van der Waals surface area (Å²) >= 11 is 3.31. The van der Waals surface area contributed by atoms with Crippen molar-refractivity contribution in [3.63, 3.8) is 0 Å². The van der Waals surface area contributed by atoms with Gasteiger partial charge in [0.25, 0.3) is 0 Å². The molecule has 0 radical (unpaired) electrons. The molecule has 1 aliphatic heterocycles. The summed E-state index contributed by atoms with van der Waals surface area (Å²) in [5.41, 5.74) is -0.526. The molecule has 1 fully saturated rings. The third-order valence-corrected chi connectivity index (χ3v) is 3.80. The lowest BCUT2D eigenvalue weighted by molar-refractivity contribution is -0.133. The molecule has 8 heteroatoms. The standard InChI is InChI=1S/C15H23BrN4O3/c1-15(2,3)23-14(22)18-12-5-4-6-19(9-12)13(21)10-20-8-11(16)7-17-20/h7-8,12H,4-6,9-10H2,1-3H3,(H,18,22). The number of nitrogens with zero attached hydrogens (tertiary/aromatic N) is 3. The molecule has 128 valence electrons. The Kier molecular flexibility index (Phi) is 5.67. The van der Waals surface area contributed by atoms with E-state index in [0.717, 1.165) is 17.3 Å². The first kappa shape index (κ1) is 17.8. The summed E-state index contributed by atoms with van der Waals surface area (Å²) in [7, 11) is 0. The van der Waals surface area contributed by atoms with Gasteiger partial charge in [0.1, 0.15) is 12.1 Å². The fourth-order valence-corrected chi connectivity index (χ4v) is 2.79. The number of ether oxygens (including phenoxy) is 1. The maximum atomic E-state index is 12.3. The number of carbonyl (C=O) groups is 2. The number of aromatic nitrogens is 2. The van der Waals surface area contributed by atoms with Gasteiger partial charge in [-0.25, -0.2) is 4.79 Å². The molecule has 1 N–H and O–H groups in total. The number of carbonyl (C=O) groups excluding carboxylic acids is 2. The quantitative estimate of drug-likeness (QED) is 0.863. The van der Waals surface area contributed by atoms with Gasteiger partial charge in [-0.3, -0.25) is 9.48 Å². The van der Waals surface area contributed by atoms with Crippen LogP contribution in [0.3, 0.4) is 0 Å². The molecule has 2 heterocycles. The summed E-state index contributed by atoms with van der Waals surface area (Å²) in [4.78, 5) is 25.9. The van der Waals surface area contributed by atoms with Crippen molar-refractivity contribution in [3.05, 3.63) is 16.9 Å². The second-order valence-electron chi connectivity index (χ2n) is 6.68. The van der Waals surface area contributed by atoms with Crippen molar-refractivity contribution < 1.29 is 14.3 Å². The Labute approximate surface area is 144 Å². The predicted octanol–water partition coefficient (Wildman–Crippen LogP) is 2.16. The molecular formula is C15H23BrN4O3. The summed E-state index contributed by atoms with van der Waals surface area (Å²) in [6.07, 6.45) is 4.67. The monoisotopic (exact) mass is 386 g/mol. The van der Waals surface area contributed by atoms with Crippen LogP contribution in [-0.2, 0) is 16.1 Å². The highest BCUT2D eigenvalue weighted by Gasteiger charge is 2.26. The molecule has 0 saturated carbocycles. The second kappa shape index (κ2) is 7.33. The summed E-state index contributed by atoms with van der Waals surface area (Å²) in [6, 6.07) is -0.0769. The van der Waals surface area contributed by atoms with Gasteiger partial charge >= 0.3 is 6.09 Å². The molecule has 1 saturated heterocycles. The van der Waals surface area contributed by atoms with Gasteiger partial charge in [-0.15, -0.1) is 0 Å². The smallest absolute Gasteiger partial charge is 0.407 e. The van der Waals surface area contributed by atoms with Gasteiger partial charge in [0.15, 0.2) is 0 Å². The number of rotatable bonds is 3. The van der Waals surface area contributed by atoms with E-state index in [0.29, 0.717) is 13.1 Å². The molecule has 7 nitrogen and oxygen atoms in total. The number of likely N-dealkylation sites (tertiary alicyclic amines) is 1. The molecular weight excluding hydrogens is 364 g/mol. The molecule has 1 aromatic heterocycles. The SMILES string of the molecule is CC(C)(C)OC(=O)NC1CCCN(C(=O)Cn2cc(Br)cn2)C1. The molecule has 0 spiro atoms. The van der Waals surface area contributed by atoms with Crippen LogP contribution < -0.4 is 5.32 Å². The van der Waals surface area contributed by atoms with Crippen LogP contribution in [0.15, 0.2) is 16.9 Å². The number of nitrogens with one attached hydrogen (secondary N) is 1. The van der Waals surface area contributed by atoms with E-state index in [1.807, 2.05) is 20.8 Å². The lowest BCUT2D eigenvalue weighted by atomic mass is 10.1. The maximum Gasteiger partial charge on any atom is 0.407 e. The van der Waals surface area contributed by atoms with E-state index in [1.54, 1.807) is 22.0 Å². The molecule has 0 bridgehead atoms. The zero-order valence-electron chi connectivity index (χ0n) is 13.7. The third-order valence-electron chi connectivity index (χ3n) is 3.39. The van der Waals surface area contributed by atoms with E-state index in [-0.39, 0.29) is 18.5 Å². The Morgan fingerprint density at radius 2 is 2.22 bits per heavy atom. The topological polar surface area (TPSA) is 76.5 Å². The fraction of sp³-hybridized carbons (Fsp3) is 0.667. The highest BCUT2D eigenvalue weighted by Crippen LogP contribution is 2.13. The Balaban J connectivity index is 1.85. The van der Waals surface area contributed by atoms with Gasteiger partial charge in [-0.2, -0.15) is 5.10 Å². The van der Waals surface area contributed by atoms with Gasteiger partial charge in [0.05, 0.1) is 10.7 Å². The predicted molar refractivity (Wildman–Crippen MR) is 88.9 cm³/mol. The summed E-state index contributed by atoms with van der Waals surface area (Å²) in [5.74, 6) is -0.00344. The average molecular weight is 387 g/mol. The molecule has 2 amide bonds. The molecule has 1 unspecified atom stereocenters. The van der Waals surface area contributed by atoms with E-state index in [2.05, 4.69) is 26.3 Å². The van der Waals surface area contributed by atoms with Crippen LogP contribution in [0.1, 0.15) is 33.6 Å². The normalized spacial score (nSPS) is 18.6. The van der Waals surface area contributed by atoms with Crippen molar-refractivity contribution in [2.45, 2.75) is 51.8 Å². The summed E-state index contributed by atoms with van der Waals surface area (Å²) in [5, 5.41) is 6.93. The van der Waals surface area contributed by atoms with Crippen molar-refractivity contribution in [2.75, 3.05) is 13.1 Å². The molecule has 23 heavy (non-hydrogen) atoms. The minimum absolute atomic E-state index is 0.00344. The molecule has 2 rings (SSSR count). The van der Waals surface area contributed by atoms with Crippen LogP contribution in [0.2, 0.25) is 0 Å². The van der Waals surface area contributed by atoms with E-state index < -0.39 is 11.7 Å². The number of piperidine rings is 1. The number of hydrogen-bond donors (Lipinski definition) is 1. The molecule has 1 aromatic rings. The Morgan fingerprint density at radius 3 is 2.83 bits per heavy atom. The fourth-order valence-electron chi connectivity index (χ4n) is 2.46. The first-order valence-corrected chi connectivity index (χ1v) is 8.47. The average Bonchev–Trinajstić information content (AvgIpc) is 2.82. The van der Waals surface area contributed by atoms with Gasteiger partial charge in [0, 0.05) is 25.3 Å². The summed E-state index contributed by atoms with van der Waals surface area (Å²) < 4.78 is 7.70. The molecule has 0 aromatic carbocycles. The van der Waals surface area contributed by atoms with E-state index in [9.17, 15) is 9.59 Å². The van der Waals surface area contributed by atoms with Crippen molar-refractivity contribution in [1.82, 2.24) is 20.0 Å². The second-order valence-corrected chi connectivity index (χ2v) is 7.60. The highest BCUT2D eigenvalue weighted by molar-refractivity contribution is 9.10. The van der Waals surface area contributed by atoms with Gasteiger partial charge < -0.3 is 15.0 Å². The zero-order valence-corrected chi connectivity index (χ0v) is 15.3. The van der Waals surface area contributed by atoms with Gasteiger partial charge in [-0.1, -0.05) is 0 Å². The lowest BCUT2D eigenvalue weighted by Gasteiger charge is -2.33.